The van der Waals surface area contributed by atoms with Crippen LogP contribution in [0.5, 0.6) is 6.01 Å². The van der Waals surface area contributed by atoms with Crippen LogP contribution in [0.2, 0.25) is 0 Å². The lowest BCUT2D eigenvalue weighted by molar-refractivity contribution is -0.809. The van der Waals surface area contributed by atoms with E-state index in [2.05, 4.69) is 29.4 Å². The summed E-state index contributed by atoms with van der Waals surface area (Å²) in [6.45, 7) is 3.86. The molecule has 6 rings (SSSR count). The molecule has 0 aliphatic carbocycles. The molecule has 3 aromatic carbocycles. The number of rotatable bonds is 9. The number of aromatic amines is 1. The Hall–Kier alpha value is -5.72. The molecule has 0 bridgehead atoms. The zero-order valence-electron chi connectivity index (χ0n) is 22.6. The first-order valence-corrected chi connectivity index (χ1v) is 13.0. The number of aryl methyl sites for hydroxylation is 1. The van der Waals surface area contributed by atoms with Crippen molar-refractivity contribution in [2.75, 3.05) is 6.61 Å². The Labute approximate surface area is 237 Å². The third-order valence-electron chi connectivity index (χ3n) is 6.68. The fourth-order valence-electron chi connectivity index (χ4n) is 4.68. The summed E-state index contributed by atoms with van der Waals surface area (Å²) >= 11 is 0. The summed E-state index contributed by atoms with van der Waals surface area (Å²) in [4.78, 5) is 32.1. The Bertz CT molecular complexity index is 1930. The monoisotopic (exact) mass is 568 g/mol. The molecule has 13 nitrogen and oxygen atoms in total. The fraction of sp³-hybridized carbons (Fsp3) is 0.172. The normalized spacial score (nSPS) is 11.2. The number of imidazole rings is 1. The summed E-state index contributed by atoms with van der Waals surface area (Å²) in [5.74, 6) is -0.920. The molecule has 0 amide bonds. The van der Waals surface area contributed by atoms with Crippen LogP contribution < -0.4 is 15.4 Å². The maximum atomic E-state index is 13.2. The molecule has 42 heavy (non-hydrogen) atoms. The van der Waals surface area contributed by atoms with Crippen molar-refractivity contribution in [1.29, 1.82) is 0 Å². The molecular weight excluding hydrogens is 544 g/mol. The molecule has 0 unspecified atom stereocenters. The summed E-state index contributed by atoms with van der Waals surface area (Å²) in [5, 5.41) is 19.2. The van der Waals surface area contributed by atoms with Gasteiger partial charge in [0.1, 0.15) is 0 Å². The molecule has 0 saturated heterocycles. The second-order valence-corrected chi connectivity index (χ2v) is 9.31. The summed E-state index contributed by atoms with van der Waals surface area (Å²) in [5.41, 5.74) is 5.21. The first-order chi connectivity index (χ1) is 20.4. The highest BCUT2D eigenvalue weighted by Gasteiger charge is 2.23. The van der Waals surface area contributed by atoms with Crippen LogP contribution in [0.3, 0.4) is 0 Å². The minimum atomic E-state index is -0.636. The average Bonchev–Trinajstić information content (AvgIpc) is 3.69. The third kappa shape index (κ3) is 4.98. The molecular formula is C29H24N6O7. The van der Waals surface area contributed by atoms with Gasteiger partial charge in [0.25, 0.3) is 6.01 Å². The highest BCUT2D eigenvalue weighted by Crippen LogP contribution is 2.31. The molecule has 0 radical (unpaired) electrons. The average molecular weight is 569 g/mol. The van der Waals surface area contributed by atoms with E-state index < -0.39 is 11.7 Å². The maximum Gasteiger partial charge on any atom is 0.439 e. The molecule has 0 aliphatic heterocycles. The van der Waals surface area contributed by atoms with Crippen LogP contribution in [0.25, 0.3) is 33.5 Å². The molecule has 0 saturated carbocycles. The maximum absolute atomic E-state index is 13.2. The van der Waals surface area contributed by atoms with Gasteiger partial charge in [-0.05, 0) is 40.6 Å². The van der Waals surface area contributed by atoms with E-state index in [0.29, 0.717) is 41.7 Å². The first-order valence-electron chi connectivity index (χ1n) is 13.0. The summed E-state index contributed by atoms with van der Waals surface area (Å²) < 4.78 is 22.3. The minimum absolute atomic E-state index is 0.107. The van der Waals surface area contributed by atoms with Crippen molar-refractivity contribution in [2.24, 2.45) is 0 Å². The SMILES string of the molecule is CCOc1nc2cccc(C(=O)OCc3c(C)no[n+]3[O-])c2n1Cc1ccc(-c2ccccc2-c2noc(=O)[nH]2)cc1. The number of carbonyl (C=O) groups is 1. The van der Waals surface area contributed by atoms with Crippen LogP contribution in [-0.4, -0.2) is 37.4 Å². The Kier molecular flexibility index (Phi) is 6.97. The molecule has 0 atom stereocenters. The highest BCUT2D eigenvalue weighted by molar-refractivity contribution is 6.02. The summed E-state index contributed by atoms with van der Waals surface area (Å²) in [6.07, 6.45) is 0. The number of aromatic nitrogens is 6. The van der Waals surface area contributed by atoms with Crippen molar-refractivity contribution in [3.63, 3.8) is 0 Å². The number of H-pyrrole nitrogens is 1. The van der Waals surface area contributed by atoms with Crippen molar-refractivity contribution < 1.29 is 28.3 Å². The number of para-hydroxylation sites is 1. The largest absolute Gasteiger partial charge is 0.465 e. The van der Waals surface area contributed by atoms with E-state index in [4.69, 9.17) is 9.47 Å². The summed E-state index contributed by atoms with van der Waals surface area (Å²) in [7, 11) is 0. The Balaban J connectivity index is 1.32. The Morgan fingerprint density at radius 1 is 1.05 bits per heavy atom. The topological polar surface area (TPSA) is 165 Å². The van der Waals surface area contributed by atoms with Crippen LogP contribution in [-0.2, 0) is 17.9 Å². The van der Waals surface area contributed by atoms with Gasteiger partial charge in [0.2, 0.25) is 11.4 Å². The van der Waals surface area contributed by atoms with Gasteiger partial charge >= 0.3 is 11.7 Å². The predicted molar refractivity (Wildman–Crippen MR) is 147 cm³/mol. The first kappa shape index (κ1) is 26.5. The van der Waals surface area contributed by atoms with E-state index in [1.54, 1.807) is 25.1 Å². The number of hydrogen-bond donors (Lipinski definition) is 1. The number of hydrogen-bond acceptors (Lipinski definition) is 10. The van der Waals surface area contributed by atoms with Gasteiger partial charge in [0.15, 0.2) is 12.4 Å². The Morgan fingerprint density at radius 2 is 1.83 bits per heavy atom. The van der Waals surface area contributed by atoms with Gasteiger partial charge in [-0.2, -0.15) is 4.98 Å². The van der Waals surface area contributed by atoms with Crippen molar-refractivity contribution in [3.8, 4) is 28.5 Å². The fourth-order valence-corrected chi connectivity index (χ4v) is 4.68. The number of ether oxygens (including phenoxy) is 2. The number of nitrogens with zero attached hydrogens (tertiary/aromatic N) is 5. The van der Waals surface area contributed by atoms with Crippen LogP contribution in [0.15, 0.2) is 80.7 Å². The molecule has 3 aromatic heterocycles. The smallest absolute Gasteiger partial charge is 0.439 e. The lowest BCUT2D eigenvalue weighted by Crippen LogP contribution is -2.29. The van der Waals surface area contributed by atoms with E-state index in [0.717, 1.165) is 22.3 Å². The highest BCUT2D eigenvalue weighted by atomic mass is 16.8. The van der Waals surface area contributed by atoms with Crippen LogP contribution >= 0.6 is 0 Å². The van der Waals surface area contributed by atoms with Gasteiger partial charge in [-0.1, -0.05) is 59.8 Å². The zero-order valence-corrected chi connectivity index (χ0v) is 22.6. The van der Waals surface area contributed by atoms with Gasteiger partial charge in [-0.15, -0.1) is 0 Å². The molecule has 0 spiro atoms. The molecule has 0 fully saturated rings. The molecule has 212 valence electrons. The minimum Gasteiger partial charge on any atom is -0.465 e. The zero-order chi connectivity index (χ0) is 29.2. The molecule has 1 N–H and O–H groups in total. The van der Waals surface area contributed by atoms with Crippen molar-refractivity contribution >= 4 is 17.0 Å². The van der Waals surface area contributed by atoms with Crippen molar-refractivity contribution in [1.82, 2.24) is 24.8 Å². The van der Waals surface area contributed by atoms with Gasteiger partial charge in [-0.3, -0.25) is 18.7 Å². The second kappa shape index (κ2) is 11.0. The number of esters is 1. The lowest BCUT2D eigenvalue weighted by Gasteiger charge is -2.12. The van der Waals surface area contributed by atoms with Crippen LogP contribution in [0, 0.1) is 12.1 Å². The quantitative estimate of drug-likeness (QED) is 0.200. The number of nitrogens with one attached hydrogen (secondary N) is 1. The summed E-state index contributed by atoms with van der Waals surface area (Å²) in [6, 6.07) is 20.9. The van der Waals surface area contributed by atoms with Gasteiger partial charge < -0.3 is 14.7 Å². The van der Waals surface area contributed by atoms with E-state index in [1.807, 2.05) is 60.0 Å². The van der Waals surface area contributed by atoms with Crippen LogP contribution in [0.1, 0.15) is 34.2 Å². The Morgan fingerprint density at radius 3 is 2.52 bits per heavy atom. The predicted octanol–water partition coefficient (Wildman–Crippen LogP) is 3.78. The molecule has 0 aliphatic rings. The molecule has 6 aromatic rings. The van der Waals surface area contributed by atoms with E-state index in [-0.39, 0.29) is 22.8 Å². The van der Waals surface area contributed by atoms with Gasteiger partial charge in [-0.25, -0.2) is 9.59 Å². The van der Waals surface area contributed by atoms with Gasteiger partial charge in [0.05, 0.1) is 29.7 Å². The van der Waals surface area contributed by atoms with E-state index in [1.165, 1.54) is 0 Å². The van der Waals surface area contributed by atoms with Crippen LogP contribution in [0.4, 0.5) is 0 Å². The van der Waals surface area contributed by atoms with E-state index in [9.17, 15) is 14.8 Å². The standard InChI is InChI=1S/C29H24N6O7/c1-3-39-28-30-23-10-6-9-22(27(36)40-16-24-17(2)32-42-35(24)38)25(23)34(28)15-18-11-13-19(14-12-18)20-7-4-5-8-21(20)26-31-29(37)41-33-26/h4-14H,3,15-16H2,1-2H3,(H,31,33,37). The second-order valence-electron chi connectivity index (χ2n) is 9.31. The third-order valence-corrected chi connectivity index (χ3v) is 6.68. The van der Waals surface area contributed by atoms with E-state index >= 15 is 0 Å². The molecule has 13 heteroatoms. The lowest BCUT2D eigenvalue weighted by atomic mass is 9.98. The number of fused-ring (bicyclic) bond motifs is 1. The van der Waals surface area contributed by atoms with Gasteiger partial charge in [0, 0.05) is 17.6 Å². The van der Waals surface area contributed by atoms with Crippen molar-refractivity contribution in [2.45, 2.75) is 27.0 Å². The number of carbonyl (C=O) groups excluding carboxylic acids is 1. The van der Waals surface area contributed by atoms with Crippen molar-refractivity contribution in [3.05, 3.63) is 105 Å². The number of benzene rings is 3. The molecule has 3 heterocycles.